The third-order valence-electron chi connectivity index (χ3n) is 3.39. The standard InChI is InChI=1S/C18H16ClN3OS2/c1-12-5-3-6-15(9-12)22(13(2)23)18-21-14(11-25-18)10-24-17-16(19)7-4-8-20-17/h3-9,11H,10H2,1-2H3. The first kappa shape index (κ1) is 17.9. The highest BCUT2D eigenvalue weighted by Gasteiger charge is 2.18. The van der Waals surface area contributed by atoms with Gasteiger partial charge in [-0.05, 0) is 36.8 Å². The number of hydrogen-bond donors (Lipinski definition) is 0. The number of pyridine rings is 1. The van der Waals surface area contributed by atoms with Crippen molar-refractivity contribution in [2.24, 2.45) is 0 Å². The molecule has 0 saturated heterocycles. The molecule has 25 heavy (non-hydrogen) atoms. The number of thioether (sulfide) groups is 1. The fourth-order valence-electron chi connectivity index (χ4n) is 2.28. The molecular formula is C18H16ClN3OS2. The van der Waals surface area contributed by atoms with Crippen molar-refractivity contribution in [3.8, 4) is 0 Å². The van der Waals surface area contributed by atoms with Crippen LogP contribution in [-0.4, -0.2) is 15.9 Å². The van der Waals surface area contributed by atoms with Crippen LogP contribution in [0, 0.1) is 6.92 Å². The Hall–Kier alpha value is -1.89. The fourth-order valence-corrected chi connectivity index (χ4v) is 4.33. The number of amides is 1. The van der Waals surface area contributed by atoms with Crippen molar-refractivity contribution in [2.75, 3.05) is 4.90 Å². The number of carbonyl (C=O) groups excluding carboxylic acids is 1. The Morgan fingerprint density at radius 1 is 1.32 bits per heavy atom. The van der Waals surface area contributed by atoms with Crippen LogP contribution < -0.4 is 4.90 Å². The number of aryl methyl sites for hydroxylation is 1. The van der Waals surface area contributed by atoms with E-state index in [4.69, 9.17) is 11.6 Å². The minimum absolute atomic E-state index is 0.0630. The molecule has 0 bridgehead atoms. The van der Waals surface area contributed by atoms with Gasteiger partial charge in [-0.25, -0.2) is 9.97 Å². The van der Waals surface area contributed by atoms with Crippen LogP contribution in [0.2, 0.25) is 5.02 Å². The molecule has 3 aromatic rings. The van der Waals surface area contributed by atoms with E-state index in [-0.39, 0.29) is 5.91 Å². The summed E-state index contributed by atoms with van der Waals surface area (Å²) in [6.45, 7) is 3.55. The number of rotatable bonds is 5. The molecule has 2 aromatic heterocycles. The van der Waals surface area contributed by atoms with Gasteiger partial charge in [0.2, 0.25) is 5.91 Å². The van der Waals surface area contributed by atoms with Crippen molar-refractivity contribution in [2.45, 2.75) is 24.6 Å². The van der Waals surface area contributed by atoms with Crippen LogP contribution in [0.15, 0.2) is 53.0 Å². The largest absolute Gasteiger partial charge is 0.274 e. The maximum absolute atomic E-state index is 12.1. The highest BCUT2D eigenvalue weighted by atomic mass is 35.5. The zero-order valence-corrected chi connectivity index (χ0v) is 16.2. The van der Waals surface area contributed by atoms with Crippen LogP contribution in [0.1, 0.15) is 18.2 Å². The van der Waals surface area contributed by atoms with Gasteiger partial charge in [0.25, 0.3) is 0 Å². The second kappa shape index (κ2) is 7.99. The van der Waals surface area contributed by atoms with Gasteiger partial charge in [-0.1, -0.05) is 35.5 Å². The van der Waals surface area contributed by atoms with Gasteiger partial charge in [0.05, 0.1) is 16.4 Å². The Morgan fingerprint density at radius 2 is 2.16 bits per heavy atom. The Bertz CT molecular complexity index is 897. The van der Waals surface area contributed by atoms with Crippen molar-refractivity contribution < 1.29 is 4.79 Å². The molecule has 0 aliphatic rings. The normalized spacial score (nSPS) is 10.7. The second-order valence-corrected chi connectivity index (χ2v) is 7.60. The summed E-state index contributed by atoms with van der Waals surface area (Å²) in [5.41, 5.74) is 2.82. The number of carbonyl (C=O) groups is 1. The monoisotopic (exact) mass is 389 g/mol. The van der Waals surface area contributed by atoms with E-state index in [0.29, 0.717) is 15.9 Å². The van der Waals surface area contributed by atoms with Gasteiger partial charge in [0.1, 0.15) is 5.03 Å². The molecule has 4 nitrogen and oxygen atoms in total. The van der Waals surface area contributed by atoms with Gasteiger partial charge >= 0.3 is 0 Å². The molecule has 3 rings (SSSR count). The number of hydrogen-bond acceptors (Lipinski definition) is 5. The van der Waals surface area contributed by atoms with Crippen LogP contribution in [0.5, 0.6) is 0 Å². The Kier molecular flexibility index (Phi) is 5.73. The molecule has 0 spiro atoms. The van der Waals surface area contributed by atoms with Gasteiger partial charge in [-0.2, -0.15) is 0 Å². The lowest BCUT2D eigenvalue weighted by Crippen LogP contribution is -2.22. The molecule has 128 valence electrons. The van der Waals surface area contributed by atoms with Gasteiger partial charge < -0.3 is 0 Å². The van der Waals surface area contributed by atoms with E-state index in [1.807, 2.05) is 42.6 Å². The summed E-state index contributed by atoms with van der Waals surface area (Å²) in [6.07, 6.45) is 1.72. The fraction of sp³-hybridized carbons (Fsp3) is 0.167. The molecule has 1 aromatic carbocycles. The summed E-state index contributed by atoms with van der Waals surface area (Å²) in [6, 6.07) is 11.5. The van der Waals surface area contributed by atoms with Crippen LogP contribution in [0.4, 0.5) is 10.8 Å². The lowest BCUT2D eigenvalue weighted by atomic mass is 10.2. The molecule has 7 heteroatoms. The number of aromatic nitrogens is 2. The third-order valence-corrected chi connectivity index (χ3v) is 5.72. The van der Waals surface area contributed by atoms with Gasteiger partial charge in [0, 0.05) is 24.3 Å². The van der Waals surface area contributed by atoms with E-state index >= 15 is 0 Å². The molecule has 0 unspecified atom stereocenters. The minimum atomic E-state index is -0.0630. The Balaban J connectivity index is 1.79. The van der Waals surface area contributed by atoms with Crippen molar-refractivity contribution in [1.82, 2.24) is 9.97 Å². The molecule has 0 atom stereocenters. The van der Waals surface area contributed by atoms with Crippen LogP contribution in [0.25, 0.3) is 0 Å². The molecule has 0 aliphatic carbocycles. The zero-order valence-electron chi connectivity index (χ0n) is 13.8. The van der Waals surface area contributed by atoms with E-state index in [9.17, 15) is 4.79 Å². The van der Waals surface area contributed by atoms with Gasteiger partial charge in [-0.15, -0.1) is 11.3 Å². The summed E-state index contributed by atoms with van der Waals surface area (Å²) in [4.78, 5) is 22.7. The highest BCUT2D eigenvalue weighted by Crippen LogP contribution is 2.32. The van der Waals surface area contributed by atoms with Crippen molar-refractivity contribution >= 4 is 51.4 Å². The predicted octanol–water partition coefficient (Wildman–Crippen LogP) is 5.48. The van der Waals surface area contributed by atoms with Gasteiger partial charge in [0.15, 0.2) is 5.13 Å². The summed E-state index contributed by atoms with van der Waals surface area (Å²) in [7, 11) is 0. The van der Waals surface area contributed by atoms with E-state index in [0.717, 1.165) is 22.0 Å². The van der Waals surface area contributed by atoms with Crippen LogP contribution >= 0.6 is 34.7 Å². The van der Waals surface area contributed by atoms with Crippen molar-refractivity contribution in [3.63, 3.8) is 0 Å². The zero-order chi connectivity index (χ0) is 17.8. The molecule has 0 fully saturated rings. The van der Waals surface area contributed by atoms with E-state index in [1.54, 1.807) is 24.1 Å². The molecular weight excluding hydrogens is 374 g/mol. The van der Waals surface area contributed by atoms with Crippen LogP contribution in [0.3, 0.4) is 0 Å². The summed E-state index contributed by atoms with van der Waals surface area (Å²) >= 11 is 9.11. The third kappa shape index (κ3) is 4.39. The average molecular weight is 390 g/mol. The lowest BCUT2D eigenvalue weighted by Gasteiger charge is -2.18. The summed E-state index contributed by atoms with van der Waals surface area (Å²) in [5, 5.41) is 4.04. The molecule has 0 saturated carbocycles. The van der Waals surface area contributed by atoms with Gasteiger partial charge in [-0.3, -0.25) is 9.69 Å². The second-order valence-electron chi connectivity index (χ2n) is 5.39. The first-order valence-electron chi connectivity index (χ1n) is 7.59. The Morgan fingerprint density at radius 3 is 2.88 bits per heavy atom. The molecule has 0 aliphatic heterocycles. The highest BCUT2D eigenvalue weighted by molar-refractivity contribution is 7.98. The minimum Gasteiger partial charge on any atom is -0.274 e. The first-order valence-corrected chi connectivity index (χ1v) is 9.84. The van der Waals surface area contributed by atoms with Crippen molar-refractivity contribution in [3.05, 3.63) is 64.3 Å². The molecule has 2 heterocycles. The average Bonchev–Trinajstić information content (AvgIpc) is 3.02. The topological polar surface area (TPSA) is 46.1 Å². The number of nitrogens with zero attached hydrogens (tertiary/aromatic N) is 3. The number of anilines is 2. The molecule has 1 amide bonds. The summed E-state index contributed by atoms with van der Waals surface area (Å²) < 4.78 is 0. The van der Waals surface area contributed by atoms with E-state index in [1.165, 1.54) is 23.1 Å². The SMILES string of the molecule is CC(=O)N(c1cccc(C)c1)c1nc(CSc2ncccc2Cl)cs1. The number of thiazole rings is 1. The lowest BCUT2D eigenvalue weighted by molar-refractivity contribution is -0.115. The number of benzene rings is 1. The van der Waals surface area contributed by atoms with E-state index < -0.39 is 0 Å². The summed E-state index contributed by atoms with van der Waals surface area (Å²) in [5.74, 6) is 0.583. The molecule has 0 radical (unpaired) electrons. The molecule has 0 N–H and O–H groups in total. The van der Waals surface area contributed by atoms with Crippen LogP contribution in [-0.2, 0) is 10.5 Å². The maximum Gasteiger partial charge on any atom is 0.230 e. The Labute approximate surface area is 159 Å². The predicted molar refractivity (Wildman–Crippen MR) is 105 cm³/mol. The van der Waals surface area contributed by atoms with Crippen molar-refractivity contribution in [1.29, 1.82) is 0 Å². The maximum atomic E-state index is 12.1. The first-order chi connectivity index (χ1) is 12.0. The number of halogens is 1. The quantitative estimate of drug-likeness (QED) is 0.542. The smallest absolute Gasteiger partial charge is 0.230 e. The van der Waals surface area contributed by atoms with E-state index in [2.05, 4.69) is 9.97 Å².